The largest absolute Gasteiger partial charge is 0.334 e. The normalized spacial score (nSPS) is 10.7. The second-order valence-electron chi connectivity index (χ2n) is 5.60. The van der Waals surface area contributed by atoms with Crippen molar-refractivity contribution in [3.63, 3.8) is 0 Å². The molecule has 3 aromatic heterocycles. The molecule has 0 aliphatic heterocycles. The molecule has 0 atom stereocenters. The van der Waals surface area contributed by atoms with Gasteiger partial charge < -0.3 is 9.09 Å². The van der Waals surface area contributed by atoms with E-state index < -0.39 is 0 Å². The molecule has 8 nitrogen and oxygen atoms in total. The summed E-state index contributed by atoms with van der Waals surface area (Å²) in [5.74, 6) is 2.19. The molecule has 0 N–H and O–H groups in total. The minimum atomic E-state index is 0.387. The highest BCUT2D eigenvalue weighted by atomic mass is 32.2. The average molecular weight is 375 g/mol. The fourth-order valence-electron chi connectivity index (χ4n) is 2.47. The molecule has 0 aliphatic rings. The second-order valence-corrected chi connectivity index (χ2v) is 6.54. The molecule has 0 amide bonds. The number of pyridine rings is 1. The number of hydrogen-bond acceptors (Lipinski definition) is 8. The highest BCUT2D eigenvalue weighted by Crippen LogP contribution is 2.25. The van der Waals surface area contributed by atoms with Crippen LogP contribution in [0.2, 0.25) is 0 Å². The summed E-state index contributed by atoms with van der Waals surface area (Å²) in [6.07, 6.45) is 3.44. The van der Waals surface area contributed by atoms with Crippen LogP contribution in [0, 0.1) is 11.3 Å². The Kier molecular flexibility index (Phi) is 4.63. The lowest BCUT2D eigenvalue weighted by molar-refractivity contribution is 0.425. The molecule has 9 heteroatoms. The maximum absolute atomic E-state index is 9.00. The molecule has 3 heterocycles. The quantitative estimate of drug-likeness (QED) is 0.490. The predicted octanol–water partition coefficient (Wildman–Crippen LogP) is 3.09. The minimum Gasteiger partial charge on any atom is -0.334 e. The number of benzene rings is 1. The molecule has 0 bridgehead atoms. The minimum absolute atomic E-state index is 0.387. The van der Waals surface area contributed by atoms with E-state index in [1.54, 1.807) is 30.6 Å². The molecule has 27 heavy (non-hydrogen) atoms. The lowest BCUT2D eigenvalue weighted by Crippen LogP contribution is -1.95. The van der Waals surface area contributed by atoms with Crippen LogP contribution < -0.4 is 0 Å². The van der Waals surface area contributed by atoms with Crippen molar-refractivity contribution in [2.75, 3.05) is 0 Å². The third-order valence-corrected chi connectivity index (χ3v) is 4.83. The van der Waals surface area contributed by atoms with E-state index in [9.17, 15) is 0 Å². The van der Waals surface area contributed by atoms with Crippen molar-refractivity contribution in [2.24, 2.45) is 7.05 Å². The number of rotatable bonds is 5. The van der Waals surface area contributed by atoms with E-state index >= 15 is 0 Å². The first kappa shape index (κ1) is 16.9. The average Bonchev–Trinajstić information content (AvgIpc) is 3.34. The summed E-state index contributed by atoms with van der Waals surface area (Å²) in [6.45, 7) is 0. The monoisotopic (exact) mass is 375 g/mol. The van der Waals surface area contributed by atoms with E-state index in [2.05, 4.69) is 31.4 Å². The summed E-state index contributed by atoms with van der Waals surface area (Å²) in [5.41, 5.74) is 2.21. The molecule has 4 rings (SSSR count). The molecule has 4 aromatic rings. The predicted molar refractivity (Wildman–Crippen MR) is 98.2 cm³/mol. The van der Waals surface area contributed by atoms with Crippen molar-refractivity contribution in [1.29, 1.82) is 5.26 Å². The second kappa shape index (κ2) is 7.39. The Morgan fingerprint density at radius 3 is 2.81 bits per heavy atom. The van der Waals surface area contributed by atoms with Gasteiger partial charge in [0.2, 0.25) is 0 Å². The zero-order valence-electron chi connectivity index (χ0n) is 14.3. The van der Waals surface area contributed by atoms with Gasteiger partial charge in [-0.05, 0) is 30.3 Å². The summed E-state index contributed by atoms with van der Waals surface area (Å²) >= 11 is 1.47. The number of nitrogens with zero attached hydrogens (tertiary/aromatic N) is 7. The van der Waals surface area contributed by atoms with Gasteiger partial charge in [0, 0.05) is 30.6 Å². The van der Waals surface area contributed by atoms with Crippen LogP contribution in [0.25, 0.3) is 22.8 Å². The zero-order chi connectivity index (χ0) is 18.6. The molecule has 0 fully saturated rings. The van der Waals surface area contributed by atoms with Gasteiger partial charge in [-0.15, -0.1) is 10.2 Å². The molecule has 1 aromatic carbocycles. The van der Waals surface area contributed by atoms with Gasteiger partial charge in [-0.25, -0.2) is 0 Å². The van der Waals surface area contributed by atoms with E-state index in [-0.39, 0.29) is 0 Å². The Morgan fingerprint density at radius 2 is 2.00 bits per heavy atom. The van der Waals surface area contributed by atoms with Crippen molar-refractivity contribution in [3.05, 3.63) is 60.2 Å². The van der Waals surface area contributed by atoms with Crippen molar-refractivity contribution in [3.8, 4) is 28.9 Å². The van der Waals surface area contributed by atoms with Crippen LogP contribution in [0.5, 0.6) is 0 Å². The lowest BCUT2D eigenvalue weighted by atomic mass is 10.1. The van der Waals surface area contributed by atoms with Crippen LogP contribution in [0.4, 0.5) is 0 Å². The Labute approximate surface area is 158 Å². The van der Waals surface area contributed by atoms with Crippen molar-refractivity contribution in [2.45, 2.75) is 10.9 Å². The van der Waals surface area contributed by atoms with Crippen LogP contribution in [0.15, 0.2) is 58.5 Å². The van der Waals surface area contributed by atoms with E-state index in [1.165, 1.54) is 11.8 Å². The van der Waals surface area contributed by atoms with Crippen LogP contribution in [-0.2, 0) is 12.8 Å². The fraction of sp³-hybridized carbons (Fsp3) is 0.111. The molecule has 0 saturated heterocycles. The Morgan fingerprint density at radius 1 is 1.15 bits per heavy atom. The molecular formula is C18H13N7OS. The standard InChI is InChI=1S/C18H13N7OS/c1-25-16(13-5-7-20-8-6-13)22-23-18(25)27-11-15-21-17(26-24-15)14-4-2-3-12(9-14)10-19/h2-9H,11H2,1H3. The van der Waals surface area contributed by atoms with Crippen LogP contribution in [-0.4, -0.2) is 29.9 Å². The van der Waals surface area contributed by atoms with E-state index in [4.69, 9.17) is 9.78 Å². The van der Waals surface area contributed by atoms with Gasteiger partial charge in [-0.3, -0.25) is 4.98 Å². The van der Waals surface area contributed by atoms with Gasteiger partial charge in [0.15, 0.2) is 16.8 Å². The highest BCUT2D eigenvalue weighted by molar-refractivity contribution is 7.98. The van der Waals surface area contributed by atoms with Crippen LogP contribution in [0.1, 0.15) is 11.4 Å². The summed E-state index contributed by atoms with van der Waals surface area (Å²) in [6, 6.07) is 12.9. The number of hydrogen-bond donors (Lipinski definition) is 0. The fourth-order valence-corrected chi connectivity index (χ4v) is 3.23. The Bertz CT molecular complexity index is 1110. The van der Waals surface area contributed by atoms with E-state index in [1.807, 2.05) is 29.8 Å². The molecule has 132 valence electrons. The molecule has 0 unspecified atom stereocenters. The zero-order valence-corrected chi connectivity index (χ0v) is 15.1. The maximum atomic E-state index is 9.00. The number of thioether (sulfide) groups is 1. The smallest absolute Gasteiger partial charge is 0.257 e. The van der Waals surface area contributed by atoms with Gasteiger partial charge in [0.05, 0.1) is 17.4 Å². The third-order valence-electron chi connectivity index (χ3n) is 3.81. The van der Waals surface area contributed by atoms with Gasteiger partial charge in [-0.2, -0.15) is 10.2 Å². The first-order chi connectivity index (χ1) is 13.2. The van der Waals surface area contributed by atoms with Crippen molar-refractivity contribution >= 4 is 11.8 Å². The summed E-state index contributed by atoms with van der Waals surface area (Å²) in [7, 11) is 1.91. The summed E-state index contributed by atoms with van der Waals surface area (Å²) < 4.78 is 7.22. The molecule has 0 aliphatic carbocycles. The number of aromatic nitrogens is 6. The molecular weight excluding hydrogens is 362 g/mol. The van der Waals surface area contributed by atoms with Gasteiger partial charge in [0.1, 0.15) is 0 Å². The molecule has 0 radical (unpaired) electrons. The van der Waals surface area contributed by atoms with E-state index in [0.29, 0.717) is 23.0 Å². The molecule has 0 spiro atoms. The highest BCUT2D eigenvalue weighted by Gasteiger charge is 2.14. The van der Waals surface area contributed by atoms with Crippen molar-refractivity contribution in [1.82, 2.24) is 29.9 Å². The first-order valence-electron chi connectivity index (χ1n) is 8.00. The maximum Gasteiger partial charge on any atom is 0.257 e. The van der Waals surface area contributed by atoms with Crippen LogP contribution >= 0.6 is 11.8 Å². The molecule has 0 saturated carbocycles. The Hall–Kier alpha value is -3.51. The van der Waals surface area contributed by atoms with Gasteiger partial charge in [0.25, 0.3) is 5.89 Å². The van der Waals surface area contributed by atoms with Crippen molar-refractivity contribution < 1.29 is 4.52 Å². The Balaban J connectivity index is 1.48. The lowest BCUT2D eigenvalue weighted by Gasteiger charge is -2.02. The first-order valence-corrected chi connectivity index (χ1v) is 8.99. The number of nitriles is 1. The third kappa shape index (κ3) is 3.56. The van der Waals surface area contributed by atoms with Gasteiger partial charge >= 0.3 is 0 Å². The topological polar surface area (TPSA) is 106 Å². The summed E-state index contributed by atoms with van der Waals surface area (Å²) in [4.78, 5) is 8.41. The SMILES string of the molecule is Cn1c(SCc2noc(-c3cccc(C#N)c3)n2)nnc1-c1ccncc1. The van der Waals surface area contributed by atoms with Crippen LogP contribution in [0.3, 0.4) is 0 Å². The van der Waals surface area contributed by atoms with E-state index in [0.717, 1.165) is 22.1 Å². The summed E-state index contributed by atoms with van der Waals surface area (Å²) in [5, 5.41) is 22.2. The van der Waals surface area contributed by atoms with Gasteiger partial charge in [-0.1, -0.05) is 23.0 Å².